The van der Waals surface area contributed by atoms with Crippen LogP contribution in [0.2, 0.25) is 0 Å². The molecule has 0 unspecified atom stereocenters. The van der Waals surface area contributed by atoms with Crippen molar-refractivity contribution in [1.82, 2.24) is 0 Å². The van der Waals surface area contributed by atoms with Crippen LogP contribution < -0.4 is 5.73 Å². The average Bonchev–Trinajstić information content (AvgIpc) is 2.17. The number of carboxylic acids is 1. The molecule has 0 aromatic rings. The van der Waals surface area contributed by atoms with Gasteiger partial charge in [-0.05, 0) is 19.4 Å². The molecule has 3 N–H and O–H groups in total. The Balaban J connectivity index is 3.89. The molecule has 0 amide bonds. The summed E-state index contributed by atoms with van der Waals surface area (Å²) in [4.78, 5) is 10.4. The van der Waals surface area contributed by atoms with Gasteiger partial charge >= 0.3 is 5.97 Å². The first-order chi connectivity index (χ1) is 7.07. The third-order valence-electron chi connectivity index (χ3n) is 1.58. The lowest BCUT2D eigenvalue weighted by Crippen LogP contribution is -2.09. The molecule has 0 aliphatic carbocycles. The summed E-state index contributed by atoms with van der Waals surface area (Å²) in [7, 11) is 0. The quantitative estimate of drug-likeness (QED) is 0.382. The van der Waals surface area contributed by atoms with Crippen molar-refractivity contribution in [2.45, 2.75) is 13.3 Å². The first-order valence-corrected chi connectivity index (χ1v) is 4.59. The minimum atomic E-state index is -1.14. The number of allylic oxidation sites excluding steroid dienone is 2. The van der Waals surface area contributed by atoms with Gasteiger partial charge in [-0.15, -0.1) is 0 Å². The molecule has 0 aromatic carbocycles. The molecule has 0 aromatic heterocycles. The molecule has 86 valence electrons. The Morgan fingerprint density at radius 2 is 2.20 bits per heavy atom. The highest BCUT2D eigenvalue weighted by atomic mass is 19.1. The highest BCUT2D eigenvalue weighted by Gasteiger charge is 1.99. The molecule has 0 aliphatic rings. The van der Waals surface area contributed by atoms with E-state index in [9.17, 15) is 9.18 Å². The standard InChI is InChI=1S/C10H16FNO3/c1-8(7-9(12)10(13)14)3-2-5-15-6-4-11/h3,7H,2,4-6,12H2,1H3,(H,13,14)/b8-3-,9-7-. The van der Waals surface area contributed by atoms with E-state index in [-0.39, 0.29) is 12.3 Å². The van der Waals surface area contributed by atoms with Crippen LogP contribution in [0.1, 0.15) is 13.3 Å². The highest BCUT2D eigenvalue weighted by molar-refractivity contribution is 5.85. The van der Waals surface area contributed by atoms with Gasteiger partial charge in [0.05, 0.1) is 13.2 Å². The highest BCUT2D eigenvalue weighted by Crippen LogP contribution is 2.00. The Morgan fingerprint density at radius 1 is 1.53 bits per heavy atom. The summed E-state index contributed by atoms with van der Waals surface area (Å²) in [5.41, 5.74) is 5.76. The van der Waals surface area contributed by atoms with Crippen LogP contribution in [0.4, 0.5) is 4.39 Å². The monoisotopic (exact) mass is 217 g/mol. The summed E-state index contributed by atoms with van der Waals surface area (Å²) in [6.45, 7) is 1.77. The van der Waals surface area contributed by atoms with Gasteiger partial charge < -0.3 is 15.6 Å². The van der Waals surface area contributed by atoms with Gasteiger partial charge in [0, 0.05) is 0 Å². The number of hydrogen-bond donors (Lipinski definition) is 2. The van der Waals surface area contributed by atoms with E-state index in [0.717, 1.165) is 5.57 Å². The van der Waals surface area contributed by atoms with Crippen molar-refractivity contribution in [2.75, 3.05) is 19.9 Å². The van der Waals surface area contributed by atoms with E-state index in [1.807, 2.05) is 0 Å². The van der Waals surface area contributed by atoms with Gasteiger partial charge in [-0.2, -0.15) is 0 Å². The summed E-state index contributed by atoms with van der Waals surface area (Å²) >= 11 is 0. The predicted octanol–water partition coefficient (Wildman–Crippen LogP) is 1.24. The van der Waals surface area contributed by atoms with Crippen LogP contribution in [-0.4, -0.2) is 31.0 Å². The van der Waals surface area contributed by atoms with Crippen LogP contribution in [0.3, 0.4) is 0 Å². The summed E-state index contributed by atoms with van der Waals surface area (Å²) in [5.74, 6) is -1.14. The smallest absolute Gasteiger partial charge is 0.351 e. The lowest BCUT2D eigenvalue weighted by atomic mass is 10.2. The van der Waals surface area contributed by atoms with Gasteiger partial charge in [0.25, 0.3) is 0 Å². The summed E-state index contributed by atoms with van der Waals surface area (Å²) in [5, 5.41) is 8.49. The molecule has 0 saturated heterocycles. The Labute approximate surface area is 88.2 Å². The fourth-order valence-corrected chi connectivity index (χ4v) is 0.892. The van der Waals surface area contributed by atoms with Crippen molar-refractivity contribution in [1.29, 1.82) is 0 Å². The number of hydrogen-bond acceptors (Lipinski definition) is 3. The molecule has 0 spiro atoms. The maximum absolute atomic E-state index is 11.6. The molecule has 0 atom stereocenters. The number of carboxylic acid groups (broad SMARTS) is 1. The molecule has 0 fully saturated rings. The Kier molecular flexibility index (Phi) is 7.27. The largest absolute Gasteiger partial charge is 0.477 e. The minimum Gasteiger partial charge on any atom is -0.477 e. The molecule has 0 saturated carbocycles. The summed E-state index contributed by atoms with van der Waals surface area (Å²) in [6.07, 6.45) is 3.76. The number of alkyl halides is 1. The second kappa shape index (κ2) is 7.99. The van der Waals surface area contributed by atoms with Crippen LogP contribution in [0.25, 0.3) is 0 Å². The van der Waals surface area contributed by atoms with Gasteiger partial charge in [0.15, 0.2) is 0 Å². The van der Waals surface area contributed by atoms with Crippen molar-refractivity contribution in [2.24, 2.45) is 5.73 Å². The molecule has 0 bridgehead atoms. The number of rotatable bonds is 7. The fraction of sp³-hybridized carbons (Fsp3) is 0.500. The average molecular weight is 217 g/mol. The van der Waals surface area contributed by atoms with E-state index in [0.29, 0.717) is 13.0 Å². The van der Waals surface area contributed by atoms with E-state index in [4.69, 9.17) is 15.6 Å². The molecule has 0 heterocycles. The summed E-state index contributed by atoms with van der Waals surface area (Å²) < 4.78 is 16.5. The Bertz CT molecular complexity index is 261. The summed E-state index contributed by atoms with van der Waals surface area (Å²) in [6, 6.07) is 0. The number of aliphatic carboxylic acids is 1. The van der Waals surface area contributed by atoms with Gasteiger partial charge in [-0.3, -0.25) is 0 Å². The Hall–Kier alpha value is -1.36. The van der Waals surface area contributed by atoms with E-state index in [1.165, 1.54) is 6.08 Å². The van der Waals surface area contributed by atoms with E-state index in [1.54, 1.807) is 13.0 Å². The third-order valence-corrected chi connectivity index (χ3v) is 1.58. The molecular formula is C10H16FNO3. The maximum atomic E-state index is 11.6. The van der Waals surface area contributed by atoms with Gasteiger partial charge in [-0.25, -0.2) is 9.18 Å². The molecule has 0 rings (SSSR count). The number of ether oxygens (including phenoxy) is 1. The molecule has 4 nitrogen and oxygen atoms in total. The van der Waals surface area contributed by atoms with Crippen molar-refractivity contribution in [3.05, 3.63) is 23.4 Å². The van der Waals surface area contributed by atoms with Crippen molar-refractivity contribution >= 4 is 5.97 Å². The zero-order valence-electron chi connectivity index (χ0n) is 8.70. The first-order valence-electron chi connectivity index (χ1n) is 4.59. The number of nitrogens with two attached hydrogens (primary N) is 1. The van der Waals surface area contributed by atoms with Crippen molar-refractivity contribution < 1.29 is 19.0 Å². The second-order valence-corrected chi connectivity index (χ2v) is 2.94. The van der Waals surface area contributed by atoms with Crippen LogP contribution in [0, 0.1) is 0 Å². The van der Waals surface area contributed by atoms with E-state index < -0.39 is 12.6 Å². The zero-order valence-corrected chi connectivity index (χ0v) is 8.70. The van der Waals surface area contributed by atoms with Crippen LogP contribution in [-0.2, 0) is 9.53 Å². The van der Waals surface area contributed by atoms with Crippen molar-refractivity contribution in [3.63, 3.8) is 0 Å². The normalized spacial score (nSPS) is 12.9. The van der Waals surface area contributed by atoms with Gasteiger partial charge in [-0.1, -0.05) is 11.6 Å². The van der Waals surface area contributed by atoms with Crippen LogP contribution in [0.15, 0.2) is 23.4 Å². The molecule has 0 aliphatic heterocycles. The number of carbonyl (C=O) groups is 1. The molecule has 15 heavy (non-hydrogen) atoms. The fourth-order valence-electron chi connectivity index (χ4n) is 0.892. The predicted molar refractivity (Wildman–Crippen MR) is 55.1 cm³/mol. The third kappa shape index (κ3) is 7.69. The van der Waals surface area contributed by atoms with Crippen molar-refractivity contribution in [3.8, 4) is 0 Å². The Morgan fingerprint density at radius 3 is 2.73 bits per heavy atom. The number of halogens is 1. The minimum absolute atomic E-state index is 0.0972. The first kappa shape index (κ1) is 13.6. The lowest BCUT2D eigenvalue weighted by molar-refractivity contribution is -0.132. The topological polar surface area (TPSA) is 72.5 Å². The molecule has 5 heteroatoms. The van der Waals surface area contributed by atoms with Crippen LogP contribution in [0.5, 0.6) is 0 Å². The van der Waals surface area contributed by atoms with Gasteiger partial charge in [0.1, 0.15) is 12.4 Å². The zero-order chi connectivity index (χ0) is 11.7. The van der Waals surface area contributed by atoms with E-state index >= 15 is 0 Å². The maximum Gasteiger partial charge on any atom is 0.351 e. The molecular weight excluding hydrogens is 201 g/mol. The van der Waals surface area contributed by atoms with E-state index in [2.05, 4.69) is 0 Å². The second-order valence-electron chi connectivity index (χ2n) is 2.94. The van der Waals surface area contributed by atoms with Crippen LogP contribution >= 0.6 is 0 Å². The molecule has 0 radical (unpaired) electrons. The van der Waals surface area contributed by atoms with Gasteiger partial charge in [0.2, 0.25) is 0 Å². The SMILES string of the molecule is CC(=C/CCOCCF)/C=C(\N)C(=O)O. The lowest BCUT2D eigenvalue weighted by Gasteiger charge is -1.98.